The highest BCUT2D eigenvalue weighted by Gasteiger charge is 2.17. The molecule has 0 saturated heterocycles. The van der Waals surface area contributed by atoms with Gasteiger partial charge in [-0.25, -0.2) is 14.8 Å². The molecule has 0 radical (unpaired) electrons. The molecular weight excluding hydrogens is 502 g/mol. The van der Waals surface area contributed by atoms with Crippen LogP contribution in [0, 0.1) is 13.8 Å². The number of hydrogen-bond acceptors (Lipinski definition) is 6. The van der Waals surface area contributed by atoms with Crippen molar-refractivity contribution in [1.82, 2.24) is 9.97 Å². The minimum Gasteiger partial charge on any atom is -0.492 e. The summed E-state index contributed by atoms with van der Waals surface area (Å²) < 4.78 is 10.8. The van der Waals surface area contributed by atoms with E-state index in [0.717, 1.165) is 27.9 Å². The lowest BCUT2D eigenvalue weighted by Gasteiger charge is -2.12. The number of carbonyl (C=O) groups excluding carboxylic acids is 2. The molecule has 0 bridgehead atoms. The number of para-hydroxylation sites is 2. The molecule has 5 rings (SSSR count). The lowest BCUT2D eigenvalue weighted by atomic mass is 10.0. The molecule has 4 aromatic carbocycles. The Hall–Kier alpha value is -5.04. The SMILES string of the molecule is CCOc1ccccc1NC(=O)COC(=O)c1ccc2nc(-c3ccc(C)cc3)c(-c3ccc(C)cc3)nc2c1. The van der Waals surface area contributed by atoms with Crippen molar-refractivity contribution >= 4 is 28.6 Å². The van der Waals surface area contributed by atoms with Crippen molar-refractivity contribution in [1.29, 1.82) is 0 Å². The van der Waals surface area contributed by atoms with Crippen LogP contribution < -0.4 is 10.1 Å². The molecule has 1 heterocycles. The number of aryl methyl sites for hydroxylation is 2. The van der Waals surface area contributed by atoms with Gasteiger partial charge in [0.25, 0.3) is 5.91 Å². The molecule has 1 aromatic heterocycles. The van der Waals surface area contributed by atoms with Crippen molar-refractivity contribution < 1.29 is 19.1 Å². The van der Waals surface area contributed by atoms with E-state index in [-0.39, 0.29) is 5.56 Å². The normalized spacial score (nSPS) is 10.8. The summed E-state index contributed by atoms with van der Waals surface area (Å²) in [6.45, 7) is 5.96. The third kappa shape index (κ3) is 5.99. The van der Waals surface area contributed by atoms with Gasteiger partial charge in [0.15, 0.2) is 6.61 Å². The van der Waals surface area contributed by atoms with Gasteiger partial charge in [0.2, 0.25) is 0 Å². The van der Waals surface area contributed by atoms with Crippen LogP contribution >= 0.6 is 0 Å². The Labute approximate surface area is 232 Å². The summed E-state index contributed by atoms with van der Waals surface area (Å²) in [7, 11) is 0. The fraction of sp³-hybridized carbons (Fsp3) is 0.152. The molecule has 1 N–H and O–H groups in total. The molecule has 0 saturated carbocycles. The number of ether oxygens (including phenoxy) is 2. The van der Waals surface area contributed by atoms with Crippen LogP contribution in [0.4, 0.5) is 5.69 Å². The van der Waals surface area contributed by atoms with E-state index >= 15 is 0 Å². The molecule has 7 nitrogen and oxygen atoms in total. The van der Waals surface area contributed by atoms with E-state index in [1.54, 1.807) is 36.4 Å². The summed E-state index contributed by atoms with van der Waals surface area (Å²) in [4.78, 5) is 35.2. The number of carbonyl (C=O) groups is 2. The smallest absolute Gasteiger partial charge is 0.338 e. The number of nitrogens with zero attached hydrogens (tertiary/aromatic N) is 2. The number of hydrogen-bond donors (Lipinski definition) is 1. The van der Waals surface area contributed by atoms with E-state index < -0.39 is 18.5 Å². The average Bonchev–Trinajstić information content (AvgIpc) is 2.97. The first-order valence-electron chi connectivity index (χ1n) is 13.1. The lowest BCUT2D eigenvalue weighted by Crippen LogP contribution is -2.21. The van der Waals surface area contributed by atoms with Crippen molar-refractivity contribution in [2.24, 2.45) is 0 Å². The second kappa shape index (κ2) is 11.8. The number of anilines is 1. The predicted molar refractivity (Wildman–Crippen MR) is 156 cm³/mol. The molecule has 1 amide bonds. The van der Waals surface area contributed by atoms with Gasteiger partial charge < -0.3 is 14.8 Å². The van der Waals surface area contributed by atoms with Gasteiger partial charge in [-0.1, -0.05) is 71.8 Å². The second-order valence-corrected chi connectivity index (χ2v) is 9.41. The van der Waals surface area contributed by atoms with Crippen molar-refractivity contribution in [3.05, 3.63) is 108 Å². The maximum Gasteiger partial charge on any atom is 0.338 e. The number of esters is 1. The Morgan fingerprint density at radius 1 is 0.750 bits per heavy atom. The molecule has 40 heavy (non-hydrogen) atoms. The Bertz CT molecular complexity index is 1680. The molecule has 0 aliphatic carbocycles. The van der Waals surface area contributed by atoms with E-state index in [4.69, 9.17) is 19.4 Å². The molecule has 0 unspecified atom stereocenters. The molecule has 0 fully saturated rings. The lowest BCUT2D eigenvalue weighted by molar-refractivity contribution is -0.119. The molecular formula is C33H29N3O4. The monoisotopic (exact) mass is 531 g/mol. The van der Waals surface area contributed by atoms with Crippen LogP contribution in [-0.2, 0) is 9.53 Å². The van der Waals surface area contributed by atoms with Gasteiger partial charge >= 0.3 is 5.97 Å². The summed E-state index contributed by atoms with van der Waals surface area (Å²) >= 11 is 0. The first-order valence-corrected chi connectivity index (χ1v) is 13.1. The standard InChI is InChI=1S/C33H29N3O4/c1-4-39-29-8-6-5-7-27(29)34-30(37)20-40-33(38)25-17-18-26-28(19-25)36-32(24-15-11-22(3)12-16-24)31(35-26)23-13-9-21(2)10-14-23/h5-19H,4,20H2,1-3H3,(H,34,37). The number of nitrogens with one attached hydrogen (secondary N) is 1. The average molecular weight is 532 g/mol. The molecule has 5 aromatic rings. The number of benzene rings is 4. The van der Waals surface area contributed by atoms with Gasteiger partial charge in [-0.05, 0) is 51.1 Å². The van der Waals surface area contributed by atoms with Crippen LogP contribution in [0.2, 0.25) is 0 Å². The van der Waals surface area contributed by atoms with Crippen LogP contribution in [0.1, 0.15) is 28.4 Å². The van der Waals surface area contributed by atoms with Crippen molar-refractivity contribution in [3.8, 4) is 28.3 Å². The Morgan fingerprint density at radius 2 is 1.35 bits per heavy atom. The van der Waals surface area contributed by atoms with Crippen LogP contribution in [0.3, 0.4) is 0 Å². The minimum absolute atomic E-state index is 0.280. The highest BCUT2D eigenvalue weighted by atomic mass is 16.5. The van der Waals surface area contributed by atoms with E-state index in [0.29, 0.717) is 34.8 Å². The first-order chi connectivity index (χ1) is 19.4. The number of rotatable bonds is 8. The quantitative estimate of drug-likeness (QED) is 0.222. The maximum atomic E-state index is 12.9. The van der Waals surface area contributed by atoms with Crippen molar-refractivity contribution in [3.63, 3.8) is 0 Å². The summed E-state index contributed by atoms with van der Waals surface area (Å²) in [5.41, 5.74) is 7.65. The summed E-state index contributed by atoms with van der Waals surface area (Å²) in [5.74, 6) is -0.547. The zero-order chi connectivity index (χ0) is 28.1. The molecule has 200 valence electrons. The summed E-state index contributed by atoms with van der Waals surface area (Å²) in [5, 5.41) is 2.72. The largest absolute Gasteiger partial charge is 0.492 e. The van der Waals surface area contributed by atoms with Gasteiger partial charge in [-0.3, -0.25) is 4.79 Å². The molecule has 0 aliphatic heterocycles. The molecule has 0 aliphatic rings. The van der Waals surface area contributed by atoms with Crippen molar-refractivity contribution in [2.45, 2.75) is 20.8 Å². The number of fused-ring (bicyclic) bond motifs is 1. The zero-order valence-electron chi connectivity index (χ0n) is 22.6. The van der Waals surface area contributed by atoms with Crippen LogP contribution in [0.15, 0.2) is 91.0 Å². The predicted octanol–water partition coefficient (Wildman–Crippen LogP) is 6.77. The fourth-order valence-electron chi connectivity index (χ4n) is 4.26. The van der Waals surface area contributed by atoms with E-state index in [1.165, 1.54) is 0 Å². The van der Waals surface area contributed by atoms with Crippen LogP contribution in [0.5, 0.6) is 5.75 Å². The summed E-state index contributed by atoms with van der Waals surface area (Å²) in [6.07, 6.45) is 0. The Balaban J connectivity index is 1.40. The van der Waals surface area contributed by atoms with Gasteiger partial charge in [0.1, 0.15) is 5.75 Å². The Morgan fingerprint density at radius 3 is 1.98 bits per heavy atom. The minimum atomic E-state index is -0.628. The van der Waals surface area contributed by atoms with Gasteiger partial charge in [0, 0.05) is 11.1 Å². The highest BCUT2D eigenvalue weighted by Crippen LogP contribution is 2.32. The number of aromatic nitrogens is 2. The molecule has 7 heteroatoms. The van der Waals surface area contributed by atoms with Gasteiger partial charge in [-0.2, -0.15) is 0 Å². The van der Waals surface area contributed by atoms with Gasteiger partial charge in [0.05, 0.1) is 40.3 Å². The number of amides is 1. The van der Waals surface area contributed by atoms with Crippen LogP contribution in [0.25, 0.3) is 33.5 Å². The fourth-order valence-corrected chi connectivity index (χ4v) is 4.26. The van der Waals surface area contributed by atoms with E-state index in [1.807, 2.05) is 75.4 Å². The highest BCUT2D eigenvalue weighted by molar-refractivity contribution is 5.98. The Kier molecular flexibility index (Phi) is 7.82. The zero-order valence-corrected chi connectivity index (χ0v) is 22.6. The summed E-state index contributed by atoms with van der Waals surface area (Å²) in [6, 6.07) is 28.4. The second-order valence-electron chi connectivity index (χ2n) is 9.41. The topological polar surface area (TPSA) is 90.4 Å². The van der Waals surface area contributed by atoms with Gasteiger partial charge in [-0.15, -0.1) is 0 Å². The van der Waals surface area contributed by atoms with E-state index in [2.05, 4.69) is 5.32 Å². The van der Waals surface area contributed by atoms with Crippen LogP contribution in [-0.4, -0.2) is 35.1 Å². The van der Waals surface area contributed by atoms with Crippen molar-refractivity contribution in [2.75, 3.05) is 18.5 Å². The first kappa shape index (κ1) is 26.6. The third-order valence-electron chi connectivity index (χ3n) is 6.35. The van der Waals surface area contributed by atoms with E-state index in [9.17, 15) is 9.59 Å². The third-order valence-corrected chi connectivity index (χ3v) is 6.35. The maximum absolute atomic E-state index is 12.9. The molecule has 0 atom stereocenters. The molecule has 0 spiro atoms.